The van der Waals surface area contributed by atoms with Crippen LogP contribution in [-0.4, -0.2) is 14.8 Å². The van der Waals surface area contributed by atoms with Gasteiger partial charge in [0.25, 0.3) is 0 Å². The first-order valence-electron chi connectivity index (χ1n) is 8.30. The molecule has 3 aromatic rings. The lowest BCUT2D eigenvalue weighted by Crippen LogP contribution is -2.05. The van der Waals surface area contributed by atoms with Crippen LogP contribution in [0.3, 0.4) is 0 Å². The fourth-order valence-electron chi connectivity index (χ4n) is 2.44. The predicted octanol–water partition coefficient (Wildman–Crippen LogP) is 5.67. The molecular formula is C19H17ClF3N3OS. The zero-order chi connectivity index (χ0) is 20.3. The second-order valence-corrected chi connectivity index (χ2v) is 7.49. The first-order valence-corrected chi connectivity index (χ1v) is 9.66. The average molecular weight is 428 g/mol. The third-order valence-electron chi connectivity index (χ3n) is 4.04. The maximum absolute atomic E-state index is 12.8. The van der Waals surface area contributed by atoms with Crippen molar-refractivity contribution < 1.29 is 17.9 Å². The van der Waals surface area contributed by atoms with E-state index in [-0.39, 0.29) is 6.61 Å². The molecule has 0 aliphatic rings. The molecule has 0 aliphatic heterocycles. The van der Waals surface area contributed by atoms with Gasteiger partial charge >= 0.3 is 6.18 Å². The highest BCUT2D eigenvalue weighted by Crippen LogP contribution is 2.31. The summed E-state index contributed by atoms with van der Waals surface area (Å²) in [4.78, 5) is 0. The molecule has 4 nitrogen and oxygen atoms in total. The lowest BCUT2D eigenvalue weighted by Gasteiger charge is -2.09. The first-order chi connectivity index (χ1) is 13.2. The smallest absolute Gasteiger partial charge is 0.416 e. The zero-order valence-electron chi connectivity index (χ0n) is 15.1. The lowest BCUT2D eigenvalue weighted by molar-refractivity contribution is -0.137. The number of halogens is 4. The number of nitrogens with zero attached hydrogens (tertiary/aromatic N) is 3. The molecule has 0 bridgehead atoms. The summed E-state index contributed by atoms with van der Waals surface area (Å²) in [7, 11) is 1.79. The molecule has 0 unspecified atom stereocenters. The van der Waals surface area contributed by atoms with Gasteiger partial charge in [-0.1, -0.05) is 41.6 Å². The van der Waals surface area contributed by atoms with E-state index in [4.69, 9.17) is 16.3 Å². The van der Waals surface area contributed by atoms with Crippen molar-refractivity contribution in [3.05, 3.63) is 70.0 Å². The minimum absolute atomic E-state index is 0.217. The Balaban J connectivity index is 1.62. The van der Waals surface area contributed by atoms with Gasteiger partial charge in [0.15, 0.2) is 11.0 Å². The summed E-state index contributed by atoms with van der Waals surface area (Å²) in [5, 5.41) is 9.47. The summed E-state index contributed by atoms with van der Waals surface area (Å²) in [5.74, 6) is 1.63. The van der Waals surface area contributed by atoms with E-state index in [1.165, 1.54) is 17.8 Å². The van der Waals surface area contributed by atoms with Crippen molar-refractivity contribution in [1.29, 1.82) is 0 Å². The Hall–Kier alpha value is -2.19. The number of alkyl halides is 3. The molecule has 0 radical (unpaired) electrons. The lowest BCUT2D eigenvalue weighted by atomic mass is 10.1. The van der Waals surface area contributed by atoms with Crippen LogP contribution in [0.5, 0.6) is 5.75 Å². The number of aryl methyl sites for hydroxylation is 1. The van der Waals surface area contributed by atoms with Crippen LogP contribution in [0.4, 0.5) is 13.2 Å². The normalized spacial score (nSPS) is 11.6. The van der Waals surface area contributed by atoms with Gasteiger partial charge < -0.3 is 9.30 Å². The van der Waals surface area contributed by atoms with Crippen LogP contribution in [-0.2, 0) is 25.6 Å². The number of aromatic nitrogens is 3. The summed E-state index contributed by atoms with van der Waals surface area (Å²) in [5.41, 5.74) is 0.822. The molecule has 9 heteroatoms. The Morgan fingerprint density at radius 3 is 2.64 bits per heavy atom. The van der Waals surface area contributed by atoms with Gasteiger partial charge in [-0.15, -0.1) is 10.2 Å². The van der Waals surface area contributed by atoms with Gasteiger partial charge in [-0.3, -0.25) is 0 Å². The van der Waals surface area contributed by atoms with Crippen molar-refractivity contribution in [3.63, 3.8) is 0 Å². The van der Waals surface area contributed by atoms with E-state index >= 15 is 0 Å². The van der Waals surface area contributed by atoms with E-state index in [1.54, 1.807) is 29.8 Å². The van der Waals surface area contributed by atoms with E-state index in [2.05, 4.69) is 10.2 Å². The van der Waals surface area contributed by atoms with Crippen LogP contribution in [0.1, 0.15) is 22.5 Å². The van der Waals surface area contributed by atoms with Crippen LogP contribution >= 0.6 is 23.4 Å². The van der Waals surface area contributed by atoms with Crippen molar-refractivity contribution in [2.75, 3.05) is 0 Å². The second-order valence-electron chi connectivity index (χ2n) is 6.14. The van der Waals surface area contributed by atoms with E-state index < -0.39 is 11.7 Å². The average Bonchev–Trinajstić information content (AvgIpc) is 3.00. The summed E-state index contributed by atoms with van der Waals surface area (Å²) >= 11 is 7.31. The summed E-state index contributed by atoms with van der Waals surface area (Å²) < 4.78 is 45.9. The Kier molecular flexibility index (Phi) is 6.20. The number of ether oxygens (including phenoxy) is 1. The molecule has 0 atom stereocenters. The summed E-state index contributed by atoms with van der Waals surface area (Å²) in [6.07, 6.45) is -4.35. The molecule has 1 aromatic heterocycles. The molecule has 0 amide bonds. The third-order valence-corrected chi connectivity index (χ3v) is 5.56. The SMILES string of the molecule is Cc1cc(OCc2nnc(SCc3cccc(C(F)(F)F)c3)n2C)ccc1Cl. The number of thioether (sulfide) groups is 1. The highest BCUT2D eigenvalue weighted by atomic mass is 35.5. The molecule has 2 aromatic carbocycles. The molecule has 3 rings (SSSR count). The molecule has 28 heavy (non-hydrogen) atoms. The molecule has 0 spiro atoms. The monoisotopic (exact) mass is 427 g/mol. The standard InChI is InChI=1S/C19H17ClF3N3OS/c1-12-8-15(6-7-16(12)20)27-10-17-24-25-18(26(17)2)28-11-13-4-3-5-14(9-13)19(21,22)23/h3-9H,10-11H2,1-2H3. The van der Waals surface area contributed by atoms with Crippen molar-refractivity contribution in [2.24, 2.45) is 7.05 Å². The van der Waals surface area contributed by atoms with Gasteiger partial charge in [-0.25, -0.2) is 0 Å². The van der Waals surface area contributed by atoms with E-state index in [0.717, 1.165) is 17.7 Å². The van der Waals surface area contributed by atoms with E-state index in [9.17, 15) is 13.2 Å². The van der Waals surface area contributed by atoms with Gasteiger partial charge in [0.05, 0.1) is 5.56 Å². The zero-order valence-corrected chi connectivity index (χ0v) is 16.7. The van der Waals surface area contributed by atoms with Crippen LogP contribution in [0, 0.1) is 6.92 Å². The van der Waals surface area contributed by atoms with Gasteiger partial charge in [-0.05, 0) is 42.3 Å². The van der Waals surface area contributed by atoms with Gasteiger partial charge in [-0.2, -0.15) is 13.2 Å². The van der Waals surface area contributed by atoms with Crippen LogP contribution in [0.25, 0.3) is 0 Å². The predicted molar refractivity (Wildman–Crippen MR) is 103 cm³/mol. The highest BCUT2D eigenvalue weighted by molar-refractivity contribution is 7.98. The van der Waals surface area contributed by atoms with E-state index in [0.29, 0.717) is 33.1 Å². The fraction of sp³-hybridized carbons (Fsp3) is 0.263. The van der Waals surface area contributed by atoms with Gasteiger partial charge in [0.1, 0.15) is 12.4 Å². The number of hydrogen-bond donors (Lipinski definition) is 0. The van der Waals surface area contributed by atoms with Crippen LogP contribution in [0.15, 0.2) is 47.6 Å². The molecule has 0 aliphatic carbocycles. The van der Waals surface area contributed by atoms with E-state index in [1.807, 2.05) is 13.0 Å². The number of benzene rings is 2. The fourth-order valence-corrected chi connectivity index (χ4v) is 3.43. The Morgan fingerprint density at radius 2 is 1.93 bits per heavy atom. The quantitative estimate of drug-likeness (QED) is 0.475. The maximum atomic E-state index is 12.8. The number of hydrogen-bond acceptors (Lipinski definition) is 4. The molecule has 1 heterocycles. The second kappa shape index (κ2) is 8.45. The molecule has 0 fully saturated rings. The Bertz CT molecular complexity index is 975. The van der Waals surface area contributed by atoms with Crippen LogP contribution in [0.2, 0.25) is 5.02 Å². The van der Waals surface area contributed by atoms with Gasteiger partial charge in [0.2, 0.25) is 0 Å². The maximum Gasteiger partial charge on any atom is 0.416 e. The highest BCUT2D eigenvalue weighted by Gasteiger charge is 2.30. The minimum Gasteiger partial charge on any atom is -0.486 e. The number of rotatable bonds is 6. The molecule has 0 N–H and O–H groups in total. The summed E-state index contributed by atoms with van der Waals surface area (Å²) in [6.45, 7) is 2.11. The third kappa shape index (κ3) is 4.99. The van der Waals surface area contributed by atoms with Crippen molar-refractivity contribution >= 4 is 23.4 Å². The Labute approximate surface area is 169 Å². The molecule has 0 saturated heterocycles. The largest absolute Gasteiger partial charge is 0.486 e. The topological polar surface area (TPSA) is 39.9 Å². The molecular weight excluding hydrogens is 411 g/mol. The van der Waals surface area contributed by atoms with Crippen molar-refractivity contribution in [1.82, 2.24) is 14.8 Å². The molecule has 0 saturated carbocycles. The summed E-state index contributed by atoms with van der Waals surface area (Å²) in [6, 6.07) is 10.6. The minimum atomic E-state index is -4.35. The van der Waals surface area contributed by atoms with Crippen molar-refractivity contribution in [3.8, 4) is 5.75 Å². The Morgan fingerprint density at radius 1 is 1.14 bits per heavy atom. The molecule has 148 valence electrons. The van der Waals surface area contributed by atoms with Gasteiger partial charge in [0, 0.05) is 17.8 Å². The van der Waals surface area contributed by atoms with Crippen molar-refractivity contribution in [2.45, 2.75) is 30.6 Å². The van der Waals surface area contributed by atoms with Crippen LogP contribution < -0.4 is 4.74 Å². The first kappa shape index (κ1) is 20.5.